The minimum Gasteiger partial charge on any atom is -0.468 e. The molecule has 62 valence electrons. The van der Waals surface area contributed by atoms with E-state index < -0.39 is 0 Å². The molecule has 0 amide bonds. The molecule has 0 aromatic carbocycles. The van der Waals surface area contributed by atoms with Gasteiger partial charge in [0.2, 0.25) is 0 Å². The normalized spacial score (nSPS) is 10.3. The Morgan fingerprint density at radius 2 is 2.33 bits per heavy atom. The van der Waals surface area contributed by atoms with Crippen LogP contribution in [-0.4, -0.2) is 0 Å². The molecule has 2 aromatic rings. The number of thioether (sulfide) groups is 1. The SMILES string of the molecule is c1coc(CSc2cccs2)c1. The topological polar surface area (TPSA) is 13.1 Å². The summed E-state index contributed by atoms with van der Waals surface area (Å²) < 4.78 is 6.55. The van der Waals surface area contributed by atoms with E-state index in [0.717, 1.165) is 11.5 Å². The zero-order valence-corrected chi connectivity index (χ0v) is 8.03. The van der Waals surface area contributed by atoms with Crippen molar-refractivity contribution in [1.82, 2.24) is 0 Å². The third-order valence-electron chi connectivity index (χ3n) is 1.43. The fourth-order valence-corrected chi connectivity index (χ4v) is 2.57. The smallest absolute Gasteiger partial charge is 0.114 e. The summed E-state index contributed by atoms with van der Waals surface area (Å²) >= 11 is 3.58. The molecule has 0 atom stereocenters. The molecule has 2 aromatic heterocycles. The maximum Gasteiger partial charge on any atom is 0.114 e. The quantitative estimate of drug-likeness (QED) is 0.695. The van der Waals surface area contributed by atoms with Crippen LogP contribution in [0.3, 0.4) is 0 Å². The molecule has 2 heterocycles. The molecular weight excluding hydrogens is 188 g/mol. The van der Waals surface area contributed by atoms with E-state index in [4.69, 9.17) is 4.42 Å². The van der Waals surface area contributed by atoms with Crippen LogP contribution in [0.2, 0.25) is 0 Å². The molecule has 0 fully saturated rings. The van der Waals surface area contributed by atoms with Crippen molar-refractivity contribution in [3.05, 3.63) is 41.7 Å². The van der Waals surface area contributed by atoms with Gasteiger partial charge in [-0.15, -0.1) is 23.1 Å². The molecule has 0 aliphatic carbocycles. The predicted molar refractivity (Wildman–Crippen MR) is 52.6 cm³/mol. The minimum absolute atomic E-state index is 0.924. The first-order valence-corrected chi connectivity index (χ1v) is 5.50. The molecule has 0 radical (unpaired) electrons. The van der Waals surface area contributed by atoms with Gasteiger partial charge >= 0.3 is 0 Å². The fraction of sp³-hybridized carbons (Fsp3) is 0.111. The van der Waals surface area contributed by atoms with Gasteiger partial charge in [-0.05, 0) is 23.6 Å². The molecule has 0 aliphatic rings. The van der Waals surface area contributed by atoms with Crippen molar-refractivity contribution < 1.29 is 4.42 Å². The summed E-state index contributed by atoms with van der Waals surface area (Å²) in [4.78, 5) is 0. The molecule has 3 heteroatoms. The number of hydrogen-bond donors (Lipinski definition) is 0. The monoisotopic (exact) mass is 196 g/mol. The molecule has 2 rings (SSSR count). The van der Waals surface area contributed by atoms with Crippen LogP contribution in [0, 0.1) is 0 Å². The van der Waals surface area contributed by atoms with Gasteiger partial charge in [0, 0.05) is 0 Å². The fourth-order valence-electron chi connectivity index (χ4n) is 0.883. The van der Waals surface area contributed by atoms with E-state index in [0.29, 0.717) is 0 Å². The van der Waals surface area contributed by atoms with Crippen molar-refractivity contribution in [3.8, 4) is 0 Å². The average Bonchev–Trinajstić information content (AvgIpc) is 2.74. The maximum absolute atomic E-state index is 5.22. The number of furan rings is 1. The standard InChI is InChI=1S/C9H8OS2/c1-3-8(10-5-1)7-12-9-4-2-6-11-9/h1-6H,7H2. The number of thiophene rings is 1. The molecule has 1 nitrogen and oxygen atoms in total. The lowest BCUT2D eigenvalue weighted by atomic mass is 10.5. The zero-order valence-electron chi connectivity index (χ0n) is 6.40. The highest BCUT2D eigenvalue weighted by Crippen LogP contribution is 2.26. The molecule has 0 saturated carbocycles. The van der Waals surface area contributed by atoms with E-state index in [1.54, 1.807) is 17.6 Å². The lowest BCUT2D eigenvalue weighted by molar-refractivity contribution is 0.530. The lowest BCUT2D eigenvalue weighted by Gasteiger charge is -1.92. The van der Waals surface area contributed by atoms with Gasteiger partial charge in [-0.25, -0.2) is 0 Å². The van der Waals surface area contributed by atoms with Crippen LogP contribution in [0.15, 0.2) is 44.5 Å². The van der Waals surface area contributed by atoms with E-state index in [-0.39, 0.29) is 0 Å². The molecule has 0 spiro atoms. The van der Waals surface area contributed by atoms with Crippen molar-refractivity contribution in [1.29, 1.82) is 0 Å². The third kappa shape index (κ3) is 1.93. The van der Waals surface area contributed by atoms with Gasteiger partial charge in [0.15, 0.2) is 0 Å². The van der Waals surface area contributed by atoms with Crippen molar-refractivity contribution >= 4 is 23.1 Å². The Morgan fingerprint density at radius 3 is 3.00 bits per heavy atom. The second-order valence-electron chi connectivity index (χ2n) is 2.30. The van der Waals surface area contributed by atoms with Crippen molar-refractivity contribution in [2.45, 2.75) is 9.96 Å². The highest BCUT2D eigenvalue weighted by molar-refractivity contribution is 8.00. The highest BCUT2D eigenvalue weighted by atomic mass is 32.2. The molecular formula is C9H8OS2. The lowest BCUT2D eigenvalue weighted by Crippen LogP contribution is -1.71. The van der Waals surface area contributed by atoms with Gasteiger partial charge in [-0.3, -0.25) is 0 Å². The summed E-state index contributed by atoms with van der Waals surface area (Å²) in [5.74, 6) is 1.96. The largest absolute Gasteiger partial charge is 0.468 e. The summed E-state index contributed by atoms with van der Waals surface area (Å²) in [6.07, 6.45) is 1.71. The molecule has 0 saturated heterocycles. The summed E-state index contributed by atoms with van der Waals surface area (Å²) in [5.41, 5.74) is 0. The van der Waals surface area contributed by atoms with Crippen molar-refractivity contribution in [2.24, 2.45) is 0 Å². The van der Waals surface area contributed by atoms with Gasteiger partial charge in [0.1, 0.15) is 5.76 Å². The van der Waals surface area contributed by atoms with Gasteiger partial charge in [-0.1, -0.05) is 6.07 Å². The first kappa shape index (κ1) is 7.95. The first-order valence-electron chi connectivity index (χ1n) is 3.64. The molecule has 0 unspecified atom stereocenters. The summed E-state index contributed by atoms with van der Waals surface area (Å²) in [6.45, 7) is 0. The molecule has 0 N–H and O–H groups in total. The molecule has 0 aliphatic heterocycles. The van der Waals surface area contributed by atoms with E-state index in [9.17, 15) is 0 Å². The van der Waals surface area contributed by atoms with Gasteiger partial charge in [-0.2, -0.15) is 0 Å². The van der Waals surface area contributed by atoms with Gasteiger partial charge in [0.25, 0.3) is 0 Å². The van der Waals surface area contributed by atoms with Crippen LogP contribution < -0.4 is 0 Å². The van der Waals surface area contributed by atoms with Crippen LogP contribution in [0.1, 0.15) is 5.76 Å². The Balaban J connectivity index is 1.91. The van der Waals surface area contributed by atoms with Crippen LogP contribution in [-0.2, 0) is 5.75 Å². The van der Waals surface area contributed by atoms with E-state index in [1.165, 1.54) is 4.21 Å². The van der Waals surface area contributed by atoms with E-state index >= 15 is 0 Å². The summed E-state index contributed by atoms with van der Waals surface area (Å²) in [7, 11) is 0. The Morgan fingerprint density at radius 1 is 1.33 bits per heavy atom. The van der Waals surface area contributed by atoms with E-state index in [1.807, 2.05) is 23.9 Å². The Hall–Kier alpha value is -0.670. The second-order valence-corrected chi connectivity index (χ2v) is 4.52. The van der Waals surface area contributed by atoms with Crippen LogP contribution in [0.5, 0.6) is 0 Å². The van der Waals surface area contributed by atoms with E-state index in [2.05, 4.69) is 17.5 Å². The second kappa shape index (κ2) is 3.83. The van der Waals surface area contributed by atoms with Gasteiger partial charge < -0.3 is 4.42 Å². The number of hydrogen-bond acceptors (Lipinski definition) is 3. The zero-order chi connectivity index (χ0) is 8.23. The minimum atomic E-state index is 0.924. The van der Waals surface area contributed by atoms with Crippen molar-refractivity contribution in [2.75, 3.05) is 0 Å². The summed E-state index contributed by atoms with van der Waals surface area (Å²) in [6, 6.07) is 8.11. The highest BCUT2D eigenvalue weighted by Gasteiger charge is 1.97. The van der Waals surface area contributed by atoms with Crippen LogP contribution in [0.25, 0.3) is 0 Å². The molecule has 0 bridgehead atoms. The first-order chi connectivity index (χ1) is 5.95. The van der Waals surface area contributed by atoms with Gasteiger partial charge in [0.05, 0.1) is 16.2 Å². The van der Waals surface area contributed by atoms with Crippen LogP contribution >= 0.6 is 23.1 Å². The average molecular weight is 196 g/mol. The summed E-state index contributed by atoms with van der Waals surface area (Å²) in [5, 5.41) is 2.09. The maximum atomic E-state index is 5.22. The van der Waals surface area contributed by atoms with Crippen LogP contribution in [0.4, 0.5) is 0 Å². The Bertz CT molecular complexity index is 276. The van der Waals surface area contributed by atoms with Crippen molar-refractivity contribution in [3.63, 3.8) is 0 Å². The number of rotatable bonds is 3. The predicted octanol–water partition coefficient (Wildman–Crippen LogP) is 3.63. The Labute approximate surface area is 79.4 Å². The third-order valence-corrected chi connectivity index (χ3v) is 3.59. The molecule has 12 heavy (non-hydrogen) atoms. The Kier molecular flexibility index (Phi) is 2.54.